The molecule has 2 aromatic carbocycles. The lowest BCUT2D eigenvalue weighted by Crippen LogP contribution is -2.13. The van der Waals surface area contributed by atoms with E-state index in [1.807, 2.05) is 24.3 Å². The second-order valence-corrected chi connectivity index (χ2v) is 5.71. The Morgan fingerprint density at radius 2 is 1.96 bits per heavy atom. The summed E-state index contributed by atoms with van der Waals surface area (Å²) in [6.45, 7) is 2.38. The number of rotatable bonds is 3. The second kappa shape index (κ2) is 6.05. The van der Waals surface area contributed by atoms with E-state index < -0.39 is 5.91 Å². The largest absolute Gasteiger partial charge is 0.366 e. The molecule has 6 heteroatoms. The van der Waals surface area contributed by atoms with Crippen molar-refractivity contribution in [3.05, 3.63) is 53.1 Å². The van der Waals surface area contributed by atoms with E-state index in [0.29, 0.717) is 29.9 Å². The highest BCUT2D eigenvalue weighted by Gasteiger charge is 2.24. The van der Waals surface area contributed by atoms with Crippen molar-refractivity contribution in [3.8, 4) is 17.3 Å². The van der Waals surface area contributed by atoms with Crippen molar-refractivity contribution in [1.29, 1.82) is 5.26 Å². The first-order chi connectivity index (χ1) is 11.5. The maximum atomic E-state index is 11.8. The van der Waals surface area contributed by atoms with Gasteiger partial charge in [-0.05, 0) is 40.5 Å². The van der Waals surface area contributed by atoms with Gasteiger partial charge in [0, 0.05) is 18.2 Å². The number of carbonyl (C=O) groups excluding carboxylic acids is 2. The number of benzene rings is 2. The van der Waals surface area contributed by atoms with E-state index in [1.165, 1.54) is 6.92 Å². The average molecular weight is 320 g/mol. The molecule has 24 heavy (non-hydrogen) atoms. The number of hydrogen-bond donors (Lipinski definition) is 2. The number of hydrogen-bond acceptors (Lipinski definition) is 4. The van der Waals surface area contributed by atoms with Crippen molar-refractivity contribution in [1.82, 2.24) is 4.90 Å². The molecule has 0 saturated heterocycles. The summed E-state index contributed by atoms with van der Waals surface area (Å²) in [5.41, 5.74) is 9.98. The highest BCUT2D eigenvalue weighted by atomic mass is 16.1. The third-order valence-corrected chi connectivity index (χ3v) is 4.00. The van der Waals surface area contributed by atoms with Gasteiger partial charge in [-0.2, -0.15) is 5.26 Å². The molecule has 3 rings (SSSR count). The maximum absolute atomic E-state index is 11.8. The number of nitrogens with zero attached hydrogens (tertiary/aromatic N) is 2. The molecular weight excluding hydrogens is 304 g/mol. The Bertz CT molecular complexity index is 883. The highest BCUT2D eigenvalue weighted by Crippen LogP contribution is 2.36. The molecule has 0 unspecified atom stereocenters. The predicted octanol–water partition coefficient (Wildman–Crippen LogP) is 2.21. The van der Waals surface area contributed by atoms with Gasteiger partial charge in [-0.3, -0.25) is 9.59 Å². The van der Waals surface area contributed by atoms with Gasteiger partial charge in [0.2, 0.25) is 11.8 Å². The Labute approximate surface area is 139 Å². The Morgan fingerprint density at radius 3 is 2.62 bits per heavy atom. The number of carbonyl (C=O) groups is 2. The van der Waals surface area contributed by atoms with E-state index in [4.69, 9.17) is 5.73 Å². The SMILES string of the molecule is CC(=O)Nc1cc2c(c(-c3ccccc3C(N)=O)c1)CN(C#N)C2. The summed E-state index contributed by atoms with van der Waals surface area (Å²) in [5.74, 6) is -0.696. The number of primary amides is 1. The van der Waals surface area contributed by atoms with E-state index in [0.717, 1.165) is 16.7 Å². The van der Waals surface area contributed by atoms with Gasteiger partial charge in [-0.1, -0.05) is 18.2 Å². The quantitative estimate of drug-likeness (QED) is 0.847. The molecule has 120 valence electrons. The molecule has 2 aromatic rings. The summed E-state index contributed by atoms with van der Waals surface area (Å²) >= 11 is 0. The predicted molar refractivity (Wildman–Crippen MR) is 89.6 cm³/mol. The Kier molecular flexibility index (Phi) is 3.92. The molecule has 2 amide bonds. The molecule has 1 aliphatic heterocycles. The third-order valence-electron chi connectivity index (χ3n) is 4.00. The summed E-state index contributed by atoms with van der Waals surface area (Å²) in [4.78, 5) is 24.8. The summed E-state index contributed by atoms with van der Waals surface area (Å²) in [6.07, 6.45) is 2.14. The molecule has 1 heterocycles. The Balaban J connectivity index is 2.21. The van der Waals surface area contributed by atoms with E-state index in [-0.39, 0.29) is 5.91 Å². The van der Waals surface area contributed by atoms with Gasteiger partial charge >= 0.3 is 0 Å². The van der Waals surface area contributed by atoms with Crippen LogP contribution in [0.4, 0.5) is 5.69 Å². The fourth-order valence-corrected chi connectivity index (χ4v) is 3.03. The Hall–Kier alpha value is -3.33. The van der Waals surface area contributed by atoms with Crippen LogP contribution in [0.15, 0.2) is 36.4 Å². The molecular formula is C18H16N4O2. The number of nitrogens with one attached hydrogen (secondary N) is 1. The molecule has 0 spiro atoms. The first-order valence-corrected chi connectivity index (χ1v) is 7.47. The van der Waals surface area contributed by atoms with Crippen LogP contribution in [-0.4, -0.2) is 16.7 Å². The van der Waals surface area contributed by atoms with Crippen molar-refractivity contribution in [2.45, 2.75) is 20.0 Å². The van der Waals surface area contributed by atoms with Gasteiger partial charge in [-0.25, -0.2) is 0 Å². The number of nitrogens with two attached hydrogens (primary N) is 1. The fourth-order valence-electron chi connectivity index (χ4n) is 3.03. The highest BCUT2D eigenvalue weighted by molar-refractivity contribution is 6.01. The molecule has 0 fully saturated rings. The minimum Gasteiger partial charge on any atom is -0.366 e. The van der Waals surface area contributed by atoms with Crippen LogP contribution < -0.4 is 11.1 Å². The first kappa shape index (κ1) is 15.6. The zero-order valence-electron chi connectivity index (χ0n) is 13.2. The summed E-state index contributed by atoms with van der Waals surface area (Å²) < 4.78 is 0. The normalized spacial score (nSPS) is 12.4. The van der Waals surface area contributed by atoms with E-state index >= 15 is 0 Å². The summed E-state index contributed by atoms with van der Waals surface area (Å²) in [5, 5.41) is 12.0. The van der Waals surface area contributed by atoms with Crippen LogP contribution in [0.5, 0.6) is 0 Å². The van der Waals surface area contributed by atoms with Gasteiger partial charge in [0.25, 0.3) is 0 Å². The molecule has 0 atom stereocenters. The lowest BCUT2D eigenvalue weighted by Gasteiger charge is -2.14. The first-order valence-electron chi connectivity index (χ1n) is 7.47. The van der Waals surface area contributed by atoms with E-state index in [1.54, 1.807) is 17.0 Å². The molecule has 0 aliphatic carbocycles. The second-order valence-electron chi connectivity index (χ2n) is 5.71. The van der Waals surface area contributed by atoms with Crippen LogP contribution in [-0.2, 0) is 17.9 Å². The molecule has 0 radical (unpaired) electrons. The van der Waals surface area contributed by atoms with E-state index in [2.05, 4.69) is 11.5 Å². The van der Waals surface area contributed by atoms with Gasteiger partial charge < -0.3 is 16.0 Å². The van der Waals surface area contributed by atoms with Crippen LogP contribution in [0.1, 0.15) is 28.4 Å². The molecule has 1 aliphatic rings. The molecule has 0 saturated carbocycles. The number of fused-ring (bicyclic) bond motifs is 1. The van der Waals surface area contributed by atoms with Crippen LogP contribution in [0.3, 0.4) is 0 Å². The molecule has 0 aromatic heterocycles. The molecule has 6 nitrogen and oxygen atoms in total. The Morgan fingerprint density at radius 1 is 1.21 bits per heavy atom. The average Bonchev–Trinajstić information content (AvgIpc) is 2.96. The van der Waals surface area contributed by atoms with Crippen molar-refractivity contribution >= 4 is 17.5 Å². The summed E-state index contributed by atoms with van der Waals surface area (Å²) in [6, 6.07) is 10.8. The van der Waals surface area contributed by atoms with Gasteiger partial charge in [0.05, 0.1) is 13.1 Å². The maximum Gasteiger partial charge on any atom is 0.249 e. The van der Waals surface area contributed by atoms with Crippen LogP contribution in [0, 0.1) is 11.5 Å². The van der Waals surface area contributed by atoms with Crippen molar-refractivity contribution in [2.75, 3.05) is 5.32 Å². The standard InChI is InChI=1S/C18H16N4O2/c1-11(23)21-13-6-12-8-22(10-19)9-17(12)16(7-13)14-4-2-3-5-15(14)18(20)24/h2-7H,8-9H2,1H3,(H2,20,24)(H,21,23). The molecule has 0 bridgehead atoms. The van der Waals surface area contributed by atoms with E-state index in [9.17, 15) is 14.9 Å². The van der Waals surface area contributed by atoms with Gasteiger partial charge in [0.15, 0.2) is 6.19 Å². The third kappa shape index (κ3) is 2.79. The van der Waals surface area contributed by atoms with Crippen molar-refractivity contribution in [2.24, 2.45) is 5.73 Å². The number of amides is 2. The number of nitriles is 1. The minimum atomic E-state index is -0.514. The van der Waals surface area contributed by atoms with Crippen molar-refractivity contribution < 1.29 is 9.59 Å². The lowest BCUT2D eigenvalue weighted by atomic mass is 9.92. The number of anilines is 1. The monoisotopic (exact) mass is 320 g/mol. The summed E-state index contributed by atoms with van der Waals surface area (Å²) in [7, 11) is 0. The lowest BCUT2D eigenvalue weighted by molar-refractivity contribution is -0.114. The minimum absolute atomic E-state index is 0.181. The fraction of sp³-hybridized carbons (Fsp3) is 0.167. The van der Waals surface area contributed by atoms with Crippen LogP contribution in [0.25, 0.3) is 11.1 Å². The van der Waals surface area contributed by atoms with Crippen molar-refractivity contribution in [3.63, 3.8) is 0 Å². The zero-order valence-corrected chi connectivity index (χ0v) is 13.2. The smallest absolute Gasteiger partial charge is 0.249 e. The van der Waals surface area contributed by atoms with Gasteiger partial charge in [-0.15, -0.1) is 0 Å². The topological polar surface area (TPSA) is 99.2 Å². The zero-order chi connectivity index (χ0) is 17.3. The van der Waals surface area contributed by atoms with Crippen LogP contribution >= 0.6 is 0 Å². The van der Waals surface area contributed by atoms with Gasteiger partial charge in [0.1, 0.15) is 0 Å². The van der Waals surface area contributed by atoms with Crippen LogP contribution in [0.2, 0.25) is 0 Å². The molecule has 3 N–H and O–H groups in total.